The fraction of sp³-hybridized carbons (Fsp3) is 0.700. The number of nitrogens with one attached hydrogen (secondary N) is 1. The molecule has 0 saturated carbocycles. The van der Waals surface area contributed by atoms with Crippen LogP contribution < -0.4 is 10.2 Å². The first-order chi connectivity index (χ1) is 8.11. The van der Waals surface area contributed by atoms with E-state index in [1.807, 2.05) is 11.8 Å². The van der Waals surface area contributed by atoms with Crippen molar-refractivity contribution in [1.29, 1.82) is 0 Å². The van der Waals surface area contributed by atoms with Crippen LogP contribution in [0.2, 0.25) is 5.28 Å². The van der Waals surface area contributed by atoms with Crippen molar-refractivity contribution in [3.8, 4) is 0 Å². The highest BCUT2D eigenvalue weighted by Crippen LogP contribution is 2.27. The van der Waals surface area contributed by atoms with Crippen molar-refractivity contribution in [1.82, 2.24) is 15.0 Å². The number of anilines is 2. The number of thioether (sulfide) groups is 1. The molecule has 0 aromatic carbocycles. The molecule has 1 aromatic heterocycles. The van der Waals surface area contributed by atoms with Crippen LogP contribution in [0.5, 0.6) is 0 Å². The second-order valence-corrected chi connectivity index (χ2v) is 5.81. The van der Waals surface area contributed by atoms with Gasteiger partial charge >= 0.3 is 0 Å². The zero-order valence-electron chi connectivity index (χ0n) is 10.1. The van der Waals surface area contributed by atoms with Crippen LogP contribution in [0, 0.1) is 0 Å². The Morgan fingerprint density at radius 2 is 2.12 bits per heavy atom. The van der Waals surface area contributed by atoms with E-state index < -0.39 is 0 Å². The highest BCUT2D eigenvalue weighted by Gasteiger charge is 2.27. The SMILES string of the molecule is CNc1nc(Cl)nc(N2CCSC(C)C2C)n1. The van der Waals surface area contributed by atoms with E-state index in [-0.39, 0.29) is 5.28 Å². The summed E-state index contributed by atoms with van der Waals surface area (Å²) in [5, 5.41) is 3.70. The van der Waals surface area contributed by atoms with Gasteiger partial charge in [0.05, 0.1) is 0 Å². The predicted octanol–water partition coefficient (Wildman–Crippen LogP) is 1.90. The van der Waals surface area contributed by atoms with Gasteiger partial charge in [0.2, 0.25) is 17.2 Å². The van der Waals surface area contributed by atoms with Gasteiger partial charge in [0, 0.05) is 30.6 Å². The van der Waals surface area contributed by atoms with E-state index in [9.17, 15) is 0 Å². The zero-order valence-corrected chi connectivity index (χ0v) is 11.7. The lowest BCUT2D eigenvalue weighted by molar-refractivity contribution is 0.611. The summed E-state index contributed by atoms with van der Waals surface area (Å²) in [6.07, 6.45) is 0. The van der Waals surface area contributed by atoms with E-state index >= 15 is 0 Å². The Balaban J connectivity index is 2.29. The van der Waals surface area contributed by atoms with Crippen LogP contribution >= 0.6 is 23.4 Å². The summed E-state index contributed by atoms with van der Waals surface area (Å²) < 4.78 is 0. The van der Waals surface area contributed by atoms with Gasteiger partial charge in [-0.15, -0.1) is 0 Å². The van der Waals surface area contributed by atoms with Crippen molar-refractivity contribution in [2.45, 2.75) is 25.1 Å². The molecule has 0 spiro atoms. The molecule has 7 heteroatoms. The molecule has 2 unspecified atom stereocenters. The minimum absolute atomic E-state index is 0.234. The molecule has 1 aliphatic heterocycles. The van der Waals surface area contributed by atoms with Crippen molar-refractivity contribution in [2.24, 2.45) is 0 Å². The Hall–Kier alpha value is -0.750. The number of hydrogen-bond acceptors (Lipinski definition) is 6. The summed E-state index contributed by atoms with van der Waals surface area (Å²) in [6.45, 7) is 5.36. The molecule has 0 radical (unpaired) electrons. The van der Waals surface area contributed by atoms with Crippen LogP contribution in [0.25, 0.3) is 0 Å². The van der Waals surface area contributed by atoms with Gasteiger partial charge < -0.3 is 10.2 Å². The zero-order chi connectivity index (χ0) is 12.4. The maximum Gasteiger partial charge on any atom is 0.231 e. The largest absolute Gasteiger partial charge is 0.357 e. The van der Waals surface area contributed by atoms with Crippen molar-refractivity contribution in [3.05, 3.63) is 5.28 Å². The normalized spacial score (nSPS) is 24.8. The fourth-order valence-electron chi connectivity index (χ4n) is 1.80. The maximum atomic E-state index is 5.90. The van der Waals surface area contributed by atoms with Crippen LogP contribution in [0.4, 0.5) is 11.9 Å². The first-order valence-electron chi connectivity index (χ1n) is 5.59. The van der Waals surface area contributed by atoms with Crippen LogP contribution in [0.15, 0.2) is 0 Å². The summed E-state index contributed by atoms with van der Waals surface area (Å²) in [6, 6.07) is 0.400. The van der Waals surface area contributed by atoms with Gasteiger partial charge in [-0.25, -0.2) is 0 Å². The minimum Gasteiger partial charge on any atom is -0.357 e. The number of nitrogens with zero attached hydrogens (tertiary/aromatic N) is 4. The summed E-state index contributed by atoms with van der Waals surface area (Å²) in [5.41, 5.74) is 0. The van der Waals surface area contributed by atoms with Crippen molar-refractivity contribution < 1.29 is 0 Å². The molecule has 1 N–H and O–H groups in total. The van der Waals surface area contributed by atoms with Crippen molar-refractivity contribution in [2.75, 3.05) is 29.6 Å². The van der Waals surface area contributed by atoms with Gasteiger partial charge in [-0.05, 0) is 18.5 Å². The molecule has 0 bridgehead atoms. The molecule has 5 nitrogen and oxygen atoms in total. The molecule has 1 aliphatic rings. The lowest BCUT2D eigenvalue weighted by atomic mass is 10.2. The third kappa shape index (κ3) is 2.74. The smallest absolute Gasteiger partial charge is 0.231 e. The lowest BCUT2D eigenvalue weighted by Gasteiger charge is -2.37. The first kappa shape index (κ1) is 12.7. The van der Waals surface area contributed by atoms with Gasteiger partial charge in [0.25, 0.3) is 0 Å². The van der Waals surface area contributed by atoms with E-state index in [4.69, 9.17) is 11.6 Å². The average molecular weight is 274 g/mol. The molecule has 1 fully saturated rings. The molecule has 1 saturated heterocycles. The van der Waals surface area contributed by atoms with Crippen LogP contribution in [0.1, 0.15) is 13.8 Å². The summed E-state index contributed by atoms with van der Waals surface area (Å²) in [7, 11) is 1.77. The lowest BCUT2D eigenvalue weighted by Crippen LogP contribution is -2.45. The highest BCUT2D eigenvalue weighted by molar-refractivity contribution is 8.00. The van der Waals surface area contributed by atoms with Crippen LogP contribution in [-0.2, 0) is 0 Å². The summed E-state index contributed by atoms with van der Waals surface area (Å²) >= 11 is 7.88. The quantitative estimate of drug-likeness (QED) is 0.888. The van der Waals surface area contributed by atoms with E-state index in [1.165, 1.54) is 0 Å². The predicted molar refractivity (Wildman–Crippen MR) is 73.1 cm³/mol. The highest BCUT2D eigenvalue weighted by atomic mass is 35.5. The minimum atomic E-state index is 0.234. The Morgan fingerprint density at radius 3 is 2.82 bits per heavy atom. The van der Waals surface area contributed by atoms with Crippen molar-refractivity contribution >= 4 is 35.3 Å². The van der Waals surface area contributed by atoms with E-state index in [0.29, 0.717) is 23.2 Å². The molecule has 1 aromatic rings. The standard InChI is InChI=1S/C10H16ClN5S/c1-6-7(2)17-5-4-16(6)10-14-8(11)13-9(12-3)15-10/h6-7H,4-5H2,1-3H3,(H,12,13,14,15). The Morgan fingerprint density at radius 1 is 1.35 bits per heavy atom. The monoisotopic (exact) mass is 273 g/mol. The molecule has 2 atom stereocenters. The molecule has 17 heavy (non-hydrogen) atoms. The van der Waals surface area contributed by atoms with Crippen LogP contribution in [-0.4, -0.2) is 45.6 Å². The molecule has 94 valence electrons. The second-order valence-electron chi connectivity index (χ2n) is 3.99. The summed E-state index contributed by atoms with van der Waals surface area (Å²) in [5.74, 6) is 2.26. The van der Waals surface area contributed by atoms with Gasteiger partial charge in [0.1, 0.15) is 0 Å². The Bertz CT molecular complexity index is 402. The number of hydrogen-bond donors (Lipinski definition) is 1. The van der Waals surface area contributed by atoms with Gasteiger partial charge in [-0.2, -0.15) is 26.7 Å². The van der Waals surface area contributed by atoms with Gasteiger partial charge in [-0.1, -0.05) is 6.92 Å². The van der Waals surface area contributed by atoms with Crippen molar-refractivity contribution in [3.63, 3.8) is 0 Å². The second kappa shape index (κ2) is 5.27. The molecule has 0 amide bonds. The number of aromatic nitrogens is 3. The fourth-order valence-corrected chi connectivity index (χ4v) is 3.05. The third-order valence-corrected chi connectivity index (χ3v) is 4.47. The molecule has 2 rings (SSSR count). The van der Waals surface area contributed by atoms with E-state index in [0.717, 1.165) is 12.3 Å². The Labute approximate surface area is 110 Å². The van der Waals surface area contributed by atoms with Crippen LogP contribution in [0.3, 0.4) is 0 Å². The third-order valence-electron chi connectivity index (χ3n) is 2.96. The maximum absolute atomic E-state index is 5.90. The summed E-state index contributed by atoms with van der Waals surface area (Å²) in [4.78, 5) is 14.8. The van der Waals surface area contributed by atoms with E-state index in [2.05, 4.69) is 39.0 Å². The first-order valence-corrected chi connectivity index (χ1v) is 7.02. The Kier molecular flexibility index (Phi) is 3.93. The number of rotatable bonds is 2. The molecule has 2 heterocycles. The topological polar surface area (TPSA) is 53.9 Å². The molecular weight excluding hydrogens is 258 g/mol. The van der Waals surface area contributed by atoms with Gasteiger partial charge in [-0.3, -0.25) is 0 Å². The van der Waals surface area contributed by atoms with Gasteiger partial charge in [0.15, 0.2) is 0 Å². The van der Waals surface area contributed by atoms with E-state index in [1.54, 1.807) is 7.05 Å². The number of halogens is 1. The molecule has 0 aliphatic carbocycles. The average Bonchev–Trinajstić information content (AvgIpc) is 2.31. The molecular formula is C10H16ClN5S.